The van der Waals surface area contributed by atoms with Crippen LogP contribution in [-0.2, 0) is 15.9 Å². The van der Waals surface area contributed by atoms with Gasteiger partial charge in [0.25, 0.3) is 11.8 Å². The van der Waals surface area contributed by atoms with Crippen LogP contribution in [0.2, 0.25) is 0 Å². The van der Waals surface area contributed by atoms with Gasteiger partial charge in [-0.25, -0.2) is 0 Å². The molecule has 2 aromatic carbocycles. The molecular formula is C21H22BNO4. The van der Waals surface area contributed by atoms with E-state index >= 15 is 0 Å². The van der Waals surface area contributed by atoms with E-state index in [9.17, 15) is 9.59 Å². The highest BCUT2D eigenvalue weighted by atomic mass is 16.7. The first kappa shape index (κ1) is 18.0. The normalized spacial score (nSPS) is 20.3. The smallest absolute Gasteiger partial charge is 0.399 e. The Labute approximate surface area is 159 Å². The van der Waals surface area contributed by atoms with Crippen molar-refractivity contribution in [1.82, 2.24) is 4.90 Å². The Morgan fingerprint density at radius 1 is 0.852 bits per heavy atom. The molecule has 5 nitrogen and oxygen atoms in total. The number of hydrogen-bond donors (Lipinski definition) is 0. The lowest BCUT2D eigenvalue weighted by Crippen LogP contribution is -2.41. The van der Waals surface area contributed by atoms with Crippen LogP contribution in [0.5, 0.6) is 0 Å². The average Bonchev–Trinajstić information content (AvgIpc) is 2.99. The molecule has 0 N–H and O–H groups in total. The minimum Gasteiger partial charge on any atom is -0.399 e. The zero-order valence-electron chi connectivity index (χ0n) is 16.0. The maximum Gasteiger partial charge on any atom is 0.494 e. The second-order valence-electron chi connectivity index (χ2n) is 8.08. The van der Waals surface area contributed by atoms with Crippen molar-refractivity contribution in [3.8, 4) is 0 Å². The van der Waals surface area contributed by atoms with E-state index in [1.807, 2.05) is 58.0 Å². The number of rotatable bonds is 3. The van der Waals surface area contributed by atoms with E-state index < -0.39 is 18.3 Å². The van der Waals surface area contributed by atoms with Crippen LogP contribution < -0.4 is 5.46 Å². The summed E-state index contributed by atoms with van der Waals surface area (Å²) in [5.74, 6) is -0.545. The molecule has 4 rings (SSSR count). The van der Waals surface area contributed by atoms with Gasteiger partial charge in [0.1, 0.15) is 0 Å². The zero-order valence-corrected chi connectivity index (χ0v) is 16.0. The van der Waals surface area contributed by atoms with E-state index in [2.05, 4.69) is 0 Å². The van der Waals surface area contributed by atoms with Crippen molar-refractivity contribution in [2.75, 3.05) is 0 Å². The number of nitrogens with zero attached hydrogens (tertiary/aromatic N) is 1. The molecule has 2 aliphatic heterocycles. The quantitative estimate of drug-likeness (QED) is 0.622. The highest BCUT2D eigenvalue weighted by Crippen LogP contribution is 2.36. The van der Waals surface area contributed by atoms with Gasteiger partial charge >= 0.3 is 7.12 Å². The lowest BCUT2D eigenvalue weighted by molar-refractivity contribution is 0.00578. The Morgan fingerprint density at radius 2 is 1.44 bits per heavy atom. The molecule has 0 spiro atoms. The van der Waals surface area contributed by atoms with E-state index in [1.165, 1.54) is 4.90 Å². The largest absolute Gasteiger partial charge is 0.494 e. The van der Waals surface area contributed by atoms with Gasteiger partial charge in [-0.1, -0.05) is 36.4 Å². The van der Waals surface area contributed by atoms with Crippen molar-refractivity contribution < 1.29 is 18.9 Å². The summed E-state index contributed by atoms with van der Waals surface area (Å²) in [5.41, 5.74) is 1.57. The molecule has 2 aliphatic rings. The van der Waals surface area contributed by atoms with Crippen molar-refractivity contribution in [2.24, 2.45) is 0 Å². The summed E-state index contributed by atoms with van der Waals surface area (Å²) in [7, 11) is -0.564. The van der Waals surface area contributed by atoms with Crippen LogP contribution in [0.1, 0.15) is 54.0 Å². The average molecular weight is 363 g/mol. The van der Waals surface area contributed by atoms with Gasteiger partial charge < -0.3 is 9.31 Å². The minimum atomic E-state index is -0.564. The third-order valence-corrected chi connectivity index (χ3v) is 5.70. The van der Waals surface area contributed by atoms with Crippen molar-refractivity contribution in [3.63, 3.8) is 0 Å². The first-order valence-corrected chi connectivity index (χ1v) is 9.09. The zero-order chi connectivity index (χ0) is 19.4. The monoisotopic (exact) mass is 363 g/mol. The van der Waals surface area contributed by atoms with Gasteiger partial charge in [-0.3, -0.25) is 14.5 Å². The molecule has 27 heavy (non-hydrogen) atoms. The molecule has 2 amide bonds. The number of benzene rings is 2. The molecule has 0 bridgehead atoms. The third kappa shape index (κ3) is 2.89. The van der Waals surface area contributed by atoms with Crippen LogP contribution in [0.4, 0.5) is 0 Å². The fourth-order valence-corrected chi connectivity index (χ4v) is 3.34. The highest BCUT2D eigenvalue weighted by Gasteiger charge is 2.52. The Hall–Kier alpha value is -2.44. The van der Waals surface area contributed by atoms with Crippen LogP contribution in [0.3, 0.4) is 0 Å². The van der Waals surface area contributed by atoms with Crippen LogP contribution in [-0.4, -0.2) is 35.0 Å². The molecule has 0 unspecified atom stereocenters. The molecule has 0 atom stereocenters. The summed E-state index contributed by atoms with van der Waals surface area (Å²) >= 11 is 0. The Morgan fingerprint density at radius 3 is 2.07 bits per heavy atom. The second kappa shape index (κ2) is 6.04. The van der Waals surface area contributed by atoms with Gasteiger partial charge in [-0.15, -0.1) is 0 Å². The standard InChI is InChI=1S/C21H22BNO4/c1-20(2)21(3,4)27-22(26-20)15-10-11-16-17(12-15)19(25)23(18(16)24)13-14-8-6-5-7-9-14/h5-12H,13H2,1-4H3. The van der Waals surface area contributed by atoms with Crippen LogP contribution in [0.25, 0.3) is 0 Å². The lowest BCUT2D eigenvalue weighted by atomic mass is 9.78. The first-order valence-electron chi connectivity index (χ1n) is 9.09. The molecular weight excluding hydrogens is 341 g/mol. The number of fused-ring (bicyclic) bond motifs is 1. The van der Waals surface area contributed by atoms with Gasteiger partial charge in [0.2, 0.25) is 0 Å². The Kier molecular flexibility index (Phi) is 4.02. The van der Waals surface area contributed by atoms with Gasteiger partial charge in [-0.05, 0) is 50.9 Å². The van der Waals surface area contributed by atoms with Crippen LogP contribution in [0, 0.1) is 0 Å². The van der Waals surface area contributed by atoms with E-state index in [0.717, 1.165) is 11.0 Å². The number of carbonyl (C=O) groups excluding carboxylic acids is 2. The van der Waals surface area contributed by atoms with Crippen LogP contribution >= 0.6 is 0 Å². The van der Waals surface area contributed by atoms with Crippen molar-refractivity contribution in [2.45, 2.75) is 45.4 Å². The summed E-state index contributed by atoms with van der Waals surface area (Å²) in [6, 6.07) is 14.7. The number of amides is 2. The lowest BCUT2D eigenvalue weighted by Gasteiger charge is -2.32. The van der Waals surface area contributed by atoms with E-state index in [0.29, 0.717) is 11.1 Å². The summed E-state index contributed by atoms with van der Waals surface area (Å²) < 4.78 is 12.1. The first-order chi connectivity index (χ1) is 12.7. The van der Waals surface area contributed by atoms with Crippen molar-refractivity contribution in [1.29, 1.82) is 0 Å². The maximum atomic E-state index is 12.9. The summed E-state index contributed by atoms with van der Waals surface area (Å²) in [6.45, 7) is 8.19. The molecule has 0 saturated carbocycles. The maximum absolute atomic E-state index is 12.9. The molecule has 1 saturated heterocycles. The molecule has 0 radical (unpaired) electrons. The van der Waals surface area contributed by atoms with Gasteiger partial charge in [0.05, 0.1) is 28.9 Å². The molecule has 0 aliphatic carbocycles. The second-order valence-corrected chi connectivity index (χ2v) is 8.08. The highest BCUT2D eigenvalue weighted by molar-refractivity contribution is 6.62. The number of hydrogen-bond acceptors (Lipinski definition) is 4. The summed E-state index contributed by atoms with van der Waals surface area (Å²) in [6.07, 6.45) is 0. The summed E-state index contributed by atoms with van der Waals surface area (Å²) in [5, 5.41) is 0. The predicted molar refractivity (Wildman–Crippen MR) is 103 cm³/mol. The van der Waals surface area contributed by atoms with Gasteiger partial charge in [0, 0.05) is 0 Å². The van der Waals surface area contributed by atoms with Gasteiger partial charge in [-0.2, -0.15) is 0 Å². The van der Waals surface area contributed by atoms with Gasteiger partial charge in [0.15, 0.2) is 0 Å². The number of imide groups is 1. The fourth-order valence-electron chi connectivity index (χ4n) is 3.34. The van der Waals surface area contributed by atoms with E-state index in [1.54, 1.807) is 18.2 Å². The predicted octanol–water partition coefficient (Wildman–Crippen LogP) is 2.78. The molecule has 2 heterocycles. The topological polar surface area (TPSA) is 55.8 Å². The molecule has 0 aromatic heterocycles. The number of carbonyl (C=O) groups is 2. The fraction of sp³-hybridized carbons (Fsp3) is 0.333. The minimum absolute atomic E-state index is 0.263. The Balaban J connectivity index is 1.62. The molecule has 138 valence electrons. The van der Waals surface area contributed by atoms with Crippen molar-refractivity contribution in [3.05, 3.63) is 65.2 Å². The summed E-state index contributed by atoms with van der Waals surface area (Å²) in [4.78, 5) is 26.8. The van der Waals surface area contributed by atoms with E-state index in [-0.39, 0.29) is 18.4 Å². The molecule has 6 heteroatoms. The molecule has 1 fully saturated rings. The SMILES string of the molecule is CC1(C)OB(c2ccc3c(c2)C(=O)N(Cc2ccccc2)C3=O)OC1(C)C. The van der Waals surface area contributed by atoms with Crippen LogP contribution in [0.15, 0.2) is 48.5 Å². The van der Waals surface area contributed by atoms with Crippen molar-refractivity contribution >= 4 is 24.4 Å². The molecule has 2 aromatic rings. The third-order valence-electron chi connectivity index (χ3n) is 5.70. The van der Waals surface area contributed by atoms with E-state index in [4.69, 9.17) is 9.31 Å². The Bertz CT molecular complexity index is 907.